The Balaban J connectivity index is 2.63. The summed E-state index contributed by atoms with van der Waals surface area (Å²) < 4.78 is 5.77. The Morgan fingerprint density at radius 3 is 3.00 bits per heavy atom. The van der Waals surface area contributed by atoms with Gasteiger partial charge >= 0.3 is 0 Å². The molecule has 7 heteroatoms. The molecule has 0 aliphatic heterocycles. The van der Waals surface area contributed by atoms with Gasteiger partial charge in [0.05, 0.1) is 11.6 Å². The Morgan fingerprint density at radius 2 is 2.41 bits per heavy atom. The van der Waals surface area contributed by atoms with Gasteiger partial charge in [-0.05, 0) is 39.7 Å². The summed E-state index contributed by atoms with van der Waals surface area (Å²) in [5.41, 5.74) is 8.58. The molecule has 1 N–H and O–H groups in total. The average Bonchev–Trinajstić information content (AvgIpc) is 2.34. The molecule has 0 aliphatic carbocycles. The molecule has 0 radical (unpaired) electrons. The molecule has 0 saturated carbocycles. The van der Waals surface area contributed by atoms with Crippen LogP contribution >= 0.6 is 15.9 Å². The summed E-state index contributed by atoms with van der Waals surface area (Å²) >= 11 is 3.30. The third kappa shape index (κ3) is 3.97. The zero-order chi connectivity index (χ0) is 12.7. The third-order valence-electron chi connectivity index (χ3n) is 1.97. The summed E-state index contributed by atoms with van der Waals surface area (Å²) in [6.07, 6.45) is 0. The molecule has 0 atom stereocenters. The minimum Gasteiger partial charge on any atom is -0.496 e. The van der Waals surface area contributed by atoms with E-state index in [0.717, 1.165) is 0 Å². The molecule has 90 valence electrons. The first kappa shape index (κ1) is 13.3. The normalized spacial score (nSPS) is 9.29. The van der Waals surface area contributed by atoms with Gasteiger partial charge in [-0.25, -0.2) is 0 Å². The summed E-state index contributed by atoms with van der Waals surface area (Å²) in [4.78, 5) is 14.2. The Bertz CT molecular complexity index is 458. The van der Waals surface area contributed by atoms with Crippen LogP contribution in [0.1, 0.15) is 10.4 Å². The van der Waals surface area contributed by atoms with E-state index in [2.05, 4.69) is 31.3 Å². The molecule has 6 nitrogen and oxygen atoms in total. The van der Waals surface area contributed by atoms with Gasteiger partial charge in [-0.15, -0.1) is 0 Å². The number of nitrogens with one attached hydrogen (secondary N) is 1. The lowest BCUT2D eigenvalue weighted by molar-refractivity contribution is 0.0954. The van der Waals surface area contributed by atoms with Gasteiger partial charge in [0, 0.05) is 23.6 Å². The molecule has 0 heterocycles. The zero-order valence-electron chi connectivity index (χ0n) is 9.18. The van der Waals surface area contributed by atoms with Crippen LogP contribution < -0.4 is 10.1 Å². The van der Waals surface area contributed by atoms with Crippen LogP contribution in [0.25, 0.3) is 10.4 Å². The number of ether oxygens (including phenoxy) is 1. The van der Waals surface area contributed by atoms with Crippen molar-refractivity contribution in [3.8, 4) is 5.75 Å². The molecule has 0 fully saturated rings. The zero-order valence-corrected chi connectivity index (χ0v) is 10.8. The lowest BCUT2D eigenvalue weighted by atomic mass is 10.2. The van der Waals surface area contributed by atoms with Crippen LogP contribution in [-0.4, -0.2) is 26.1 Å². The van der Waals surface area contributed by atoms with Crippen molar-refractivity contribution in [1.29, 1.82) is 0 Å². The van der Waals surface area contributed by atoms with E-state index in [9.17, 15) is 4.79 Å². The maximum atomic E-state index is 11.7. The molecule has 1 aromatic carbocycles. The minimum absolute atomic E-state index is 0.221. The van der Waals surface area contributed by atoms with Crippen LogP contribution in [0.3, 0.4) is 0 Å². The van der Waals surface area contributed by atoms with Crippen molar-refractivity contribution in [2.75, 3.05) is 20.2 Å². The predicted molar refractivity (Wildman–Crippen MR) is 67.0 cm³/mol. The fourth-order valence-corrected chi connectivity index (χ4v) is 1.71. The van der Waals surface area contributed by atoms with Crippen molar-refractivity contribution in [3.63, 3.8) is 0 Å². The number of methoxy groups -OCH3 is 1. The first-order valence-electron chi connectivity index (χ1n) is 4.81. The highest BCUT2D eigenvalue weighted by atomic mass is 79.9. The third-order valence-corrected chi connectivity index (χ3v) is 2.59. The number of nitrogens with zero attached hydrogens (tertiary/aromatic N) is 3. The number of rotatable bonds is 5. The number of halogens is 1. The first-order chi connectivity index (χ1) is 8.19. The number of benzene rings is 1. The molecule has 1 rings (SSSR count). The van der Waals surface area contributed by atoms with Crippen LogP contribution in [0.4, 0.5) is 0 Å². The first-order valence-corrected chi connectivity index (χ1v) is 5.61. The van der Waals surface area contributed by atoms with Crippen molar-refractivity contribution < 1.29 is 9.53 Å². The summed E-state index contributed by atoms with van der Waals surface area (Å²) in [6, 6.07) is 5.03. The number of amides is 1. The predicted octanol–water partition coefficient (Wildman–Crippen LogP) is 2.50. The van der Waals surface area contributed by atoms with Gasteiger partial charge in [0.15, 0.2) is 0 Å². The van der Waals surface area contributed by atoms with Gasteiger partial charge in [0.1, 0.15) is 5.75 Å². The maximum Gasteiger partial charge on any atom is 0.251 e. The second-order valence-electron chi connectivity index (χ2n) is 3.06. The summed E-state index contributed by atoms with van der Waals surface area (Å²) in [5, 5.41) is 5.95. The Morgan fingerprint density at radius 1 is 1.65 bits per heavy atom. The molecule has 0 aromatic heterocycles. The van der Waals surface area contributed by atoms with E-state index < -0.39 is 0 Å². The number of azide groups is 1. The monoisotopic (exact) mass is 298 g/mol. The van der Waals surface area contributed by atoms with E-state index in [-0.39, 0.29) is 12.5 Å². The summed E-state index contributed by atoms with van der Waals surface area (Å²) in [5.74, 6) is 0.442. The van der Waals surface area contributed by atoms with Gasteiger partial charge in [-0.2, -0.15) is 0 Å². The van der Waals surface area contributed by atoms with E-state index in [1.54, 1.807) is 25.3 Å². The lowest BCUT2D eigenvalue weighted by Crippen LogP contribution is -2.25. The second kappa shape index (κ2) is 6.78. The van der Waals surface area contributed by atoms with Crippen LogP contribution in [0.15, 0.2) is 27.8 Å². The van der Waals surface area contributed by atoms with Crippen molar-refractivity contribution in [2.45, 2.75) is 0 Å². The number of carbonyl (C=O) groups excluding carboxylic acids is 1. The molecule has 1 aromatic rings. The molecule has 0 spiro atoms. The highest BCUT2D eigenvalue weighted by Crippen LogP contribution is 2.25. The number of hydrogen-bond acceptors (Lipinski definition) is 3. The van der Waals surface area contributed by atoms with Gasteiger partial charge in [0.25, 0.3) is 5.91 Å². The summed E-state index contributed by atoms with van der Waals surface area (Å²) in [7, 11) is 1.56. The van der Waals surface area contributed by atoms with E-state index in [1.165, 1.54) is 0 Å². The van der Waals surface area contributed by atoms with Gasteiger partial charge in [-0.1, -0.05) is 5.11 Å². The molecule has 0 bridgehead atoms. The lowest BCUT2D eigenvalue weighted by Gasteiger charge is -2.06. The molecule has 0 saturated heterocycles. The van der Waals surface area contributed by atoms with E-state index >= 15 is 0 Å². The van der Waals surface area contributed by atoms with E-state index in [1.807, 2.05) is 0 Å². The SMILES string of the molecule is COc1ccc(C(=O)NCCN=[N+]=[N-])cc1Br. The smallest absolute Gasteiger partial charge is 0.251 e. The largest absolute Gasteiger partial charge is 0.496 e. The molecule has 0 aliphatic rings. The molecular formula is C10H11BrN4O2. The van der Waals surface area contributed by atoms with Crippen molar-refractivity contribution in [2.24, 2.45) is 5.11 Å². The molecular weight excluding hydrogens is 288 g/mol. The molecule has 0 unspecified atom stereocenters. The van der Waals surface area contributed by atoms with Crippen LogP contribution in [0.2, 0.25) is 0 Å². The van der Waals surface area contributed by atoms with Gasteiger partial charge in [0.2, 0.25) is 0 Å². The Labute approximate surface area is 107 Å². The van der Waals surface area contributed by atoms with Crippen LogP contribution in [0, 0.1) is 0 Å². The fraction of sp³-hybridized carbons (Fsp3) is 0.300. The fourth-order valence-electron chi connectivity index (χ4n) is 1.17. The van der Waals surface area contributed by atoms with E-state index in [4.69, 9.17) is 10.3 Å². The quantitative estimate of drug-likeness (QED) is 0.392. The van der Waals surface area contributed by atoms with Crippen molar-refractivity contribution in [1.82, 2.24) is 5.32 Å². The maximum absolute atomic E-state index is 11.7. The second-order valence-corrected chi connectivity index (χ2v) is 3.91. The van der Waals surface area contributed by atoms with Crippen LogP contribution in [-0.2, 0) is 0 Å². The summed E-state index contributed by atoms with van der Waals surface area (Å²) in [6.45, 7) is 0.548. The van der Waals surface area contributed by atoms with Crippen molar-refractivity contribution >= 4 is 21.8 Å². The van der Waals surface area contributed by atoms with E-state index in [0.29, 0.717) is 22.3 Å². The Kier molecular flexibility index (Phi) is 5.32. The number of carbonyl (C=O) groups is 1. The standard InChI is InChI=1S/C10H11BrN4O2/c1-17-9-3-2-7(6-8(9)11)10(16)13-4-5-14-15-12/h2-3,6H,4-5H2,1H3,(H,13,16). The van der Waals surface area contributed by atoms with Gasteiger partial charge in [-0.3, -0.25) is 4.79 Å². The topological polar surface area (TPSA) is 87.1 Å². The number of hydrogen-bond donors (Lipinski definition) is 1. The Hall–Kier alpha value is -1.72. The van der Waals surface area contributed by atoms with Crippen molar-refractivity contribution in [3.05, 3.63) is 38.7 Å². The van der Waals surface area contributed by atoms with Gasteiger partial charge < -0.3 is 10.1 Å². The minimum atomic E-state index is -0.221. The molecule has 1 amide bonds. The average molecular weight is 299 g/mol. The highest BCUT2D eigenvalue weighted by molar-refractivity contribution is 9.10. The molecule has 17 heavy (non-hydrogen) atoms. The highest BCUT2D eigenvalue weighted by Gasteiger charge is 2.07. The van der Waals surface area contributed by atoms with Crippen LogP contribution in [0.5, 0.6) is 5.75 Å².